The predicted molar refractivity (Wildman–Crippen MR) is 365 cm³/mol. The number of fused-ring (bicyclic) bond motifs is 21. The SMILES string of the molecule is CC(C)(C)c1ccc2c(c1)C1(c3ccccc3Oc3ccc(N(c4cccc(-n5c6ccccc6c6ccccc65)c4)c4cccc5c4Oc4ccccc4C54c5cc(C(C)(C)C)ccc5-c5ccc(C(C)(C)C)cc54)cc31)c1cc(C(C)(C)C)ccc1-2. The lowest BCUT2D eigenvalue weighted by Gasteiger charge is -2.42. The molecule has 0 saturated heterocycles. The van der Waals surface area contributed by atoms with Crippen molar-refractivity contribution in [3.8, 4) is 50.9 Å². The molecule has 1 aromatic heterocycles. The van der Waals surface area contributed by atoms with Crippen LogP contribution in [0.2, 0.25) is 0 Å². The van der Waals surface area contributed by atoms with Crippen LogP contribution in [0.15, 0.2) is 231 Å². The molecule has 0 saturated carbocycles. The highest BCUT2D eigenvalue weighted by Crippen LogP contribution is 2.67. The molecule has 3 heterocycles. The molecule has 4 aliphatic rings. The van der Waals surface area contributed by atoms with E-state index in [-0.39, 0.29) is 21.7 Å². The summed E-state index contributed by atoms with van der Waals surface area (Å²) in [6, 6.07) is 87.3. The highest BCUT2D eigenvalue weighted by atomic mass is 16.5. The van der Waals surface area contributed by atoms with Gasteiger partial charge in [0, 0.05) is 50.1 Å². The summed E-state index contributed by atoms with van der Waals surface area (Å²) in [4.78, 5) is 2.48. The van der Waals surface area contributed by atoms with Crippen LogP contribution in [0.4, 0.5) is 17.1 Å². The second-order valence-electron chi connectivity index (χ2n) is 29.3. The monoisotopic (exact) mass is 1140 g/mol. The number of benzene rings is 11. The van der Waals surface area contributed by atoms with Crippen molar-refractivity contribution in [1.82, 2.24) is 4.57 Å². The molecule has 16 rings (SSSR count). The van der Waals surface area contributed by atoms with Crippen LogP contribution in [0.3, 0.4) is 0 Å². The third-order valence-electron chi connectivity index (χ3n) is 19.9. The zero-order valence-electron chi connectivity index (χ0n) is 52.7. The van der Waals surface area contributed by atoms with E-state index in [0.717, 1.165) is 79.0 Å². The first-order chi connectivity index (χ1) is 42.1. The van der Waals surface area contributed by atoms with Crippen LogP contribution >= 0.6 is 0 Å². The maximum atomic E-state index is 7.73. The number of para-hydroxylation sites is 5. The van der Waals surface area contributed by atoms with Gasteiger partial charge >= 0.3 is 0 Å². The van der Waals surface area contributed by atoms with Crippen molar-refractivity contribution >= 4 is 38.9 Å². The van der Waals surface area contributed by atoms with E-state index in [0.29, 0.717) is 0 Å². The molecule has 4 heteroatoms. The normalized spacial score (nSPS) is 14.7. The average Bonchev–Trinajstić information content (AvgIpc) is 1.45. The van der Waals surface area contributed by atoms with Crippen LogP contribution in [0.1, 0.15) is 150 Å². The maximum absolute atomic E-state index is 7.73. The quantitative estimate of drug-likeness (QED) is 0.176. The first-order valence-corrected chi connectivity index (χ1v) is 31.5. The third-order valence-corrected chi connectivity index (χ3v) is 19.9. The van der Waals surface area contributed by atoms with Gasteiger partial charge in [-0.05, 0) is 155 Å². The van der Waals surface area contributed by atoms with Crippen LogP contribution < -0.4 is 14.4 Å². The van der Waals surface area contributed by atoms with E-state index in [1.807, 2.05) is 0 Å². The largest absolute Gasteiger partial charge is 0.457 e. The Morgan fingerprint density at radius 1 is 0.307 bits per heavy atom. The number of rotatable bonds is 4. The molecule has 0 atom stereocenters. The number of hydrogen-bond donors (Lipinski definition) is 0. The van der Waals surface area contributed by atoms with Gasteiger partial charge in [0.2, 0.25) is 0 Å². The van der Waals surface area contributed by atoms with Crippen LogP contribution in [-0.4, -0.2) is 4.57 Å². The minimum absolute atomic E-state index is 0.105. The first kappa shape index (κ1) is 54.0. The summed E-state index contributed by atoms with van der Waals surface area (Å²) in [5.74, 6) is 3.38. The molecule has 0 radical (unpaired) electrons. The molecule has 0 bridgehead atoms. The van der Waals surface area contributed by atoms with E-state index < -0.39 is 10.8 Å². The van der Waals surface area contributed by atoms with Gasteiger partial charge in [-0.2, -0.15) is 0 Å². The molecule has 0 amide bonds. The topological polar surface area (TPSA) is 26.6 Å². The molecule has 0 fully saturated rings. The lowest BCUT2D eigenvalue weighted by atomic mass is 9.64. The standard InChI is InChI=1S/C84H74N2O2/c1-79(2,3)51-35-40-58-59-41-36-52(80(4,5)6)46-68(59)83(67(58)45-51)65-28-16-20-34-76(65)88-78-66(83)29-22-32-74(78)85(55-23-21-24-56(49-55)86-72-30-17-13-25-62(72)63-26-14-18-31-73(63)86)57-39-44-77-71(50-57)84(64-27-15-19-33-75(64)87-77)69-47-53(81(7,8)9)37-42-60(69)61-43-38-54(48-70(61)84)82(10,11)12/h13-50H,1-12H3. The minimum atomic E-state index is -0.758. The van der Waals surface area contributed by atoms with E-state index in [9.17, 15) is 0 Å². The highest BCUT2D eigenvalue weighted by Gasteiger charge is 2.54. The highest BCUT2D eigenvalue weighted by molar-refractivity contribution is 6.09. The summed E-state index contributed by atoms with van der Waals surface area (Å²) in [7, 11) is 0. The van der Waals surface area contributed by atoms with Gasteiger partial charge in [-0.15, -0.1) is 0 Å². The van der Waals surface area contributed by atoms with Crippen LogP contribution in [0.25, 0.3) is 49.7 Å². The number of hydrogen-bond acceptors (Lipinski definition) is 3. The molecule has 432 valence electrons. The fraction of sp³-hybridized carbons (Fsp3) is 0.214. The summed E-state index contributed by atoms with van der Waals surface area (Å²) in [5.41, 5.74) is 24.2. The predicted octanol–water partition coefficient (Wildman–Crippen LogP) is 22.4. The lowest BCUT2D eigenvalue weighted by Crippen LogP contribution is -2.34. The van der Waals surface area contributed by atoms with Crippen molar-refractivity contribution in [2.45, 2.75) is 116 Å². The molecule has 12 aromatic rings. The van der Waals surface area contributed by atoms with Gasteiger partial charge in [0.25, 0.3) is 0 Å². The van der Waals surface area contributed by atoms with Crippen molar-refractivity contribution in [2.24, 2.45) is 0 Å². The van der Waals surface area contributed by atoms with Gasteiger partial charge in [-0.25, -0.2) is 0 Å². The molecule has 11 aromatic carbocycles. The zero-order chi connectivity index (χ0) is 60.6. The Bertz CT molecular complexity index is 4740. The Morgan fingerprint density at radius 2 is 0.705 bits per heavy atom. The van der Waals surface area contributed by atoms with Crippen molar-refractivity contribution in [3.05, 3.63) is 297 Å². The van der Waals surface area contributed by atoms with E-state index in [1.54, 1.807) is 0 Å². The molecule has 0 N–H and O–H groups in total. The van der Waals surface area contributed by atoms with E-state index in [1.165, 1.54) is 77.5 Å². The van der Waals surface area contributed by atoms with E-state index in [4.69, 9.17) is 9.47 Å². The van der Waals surface area contributed by atoms with Crippen LogP contribution in [-0.2, 0) is 32.5 Å². The van der Waals surface area contributed by atoms with Crippen molar-refractivity contribution in [3.63, 3.8) is 0 Å². The summed E-state index contributed by atoms with van der Waals surface area (Å²) < 4.78 is 17.4. The Labute approximate surface area is 518 Å². The van der Waals surface area contributed by atoms with E-state index in [2.05, 4.69) is 323 Å². The minimum Gasteiger partial charge on any atom is -0.457 e. The number of ether oxygens (including phenoxy) is 2. The van der Waals surface area contributed by atoms with E-state index >= 15 is 0 Å². The number of nitrogens with zero attached hydrogens (tertiary/aromatic N) is 2. The first-order valence-electron chi connectivity index (χ1n) is 31.5. The molecule has 2 spiro atoms. The fourth-order valence-electron chi connectivity index (χ4n) is 15.5. The second kappa shape index (κ2) is 18.6. The molecular formula is C84H74N2O2. The summed E-state index contributed by atoms with van der Waals surface area (Å²) in [5, 5.41) is 2.44. The summed E-state index contributed by atoms with van der Waals surface area (Å²) in [6.07, 6.45) is 0. The Hall–Kier alpha value is -9.38. The maximum Gasteiger partial charge on any atom is 0.156 e. The Balaban J connectivity index is 1.02. The molecular weight excluding hydrogens is 1070 g/mol. The Morgan fingerprint density at radius 3 is 1.19 bits per heavy atom. The molecule has 4 nitrogen and oxygen atoms in total. The smallest absolute Gasteiger partial charge is 0.156 e. The van der Waals surface area contributed by atoms with Crippen molar-refractivity contribution < 1.29 is 9.47 Å². The number of anilines is 3. The van der Waals surface area contributed by atoms with Crippen LogP contribution in [0.5, 0.6) is 23.0 Å². The Kier molecular flexibility index (Phi) is 11.4. The molecule has 0 unspecified atom stereocenters. The van der Waals surface area contributed by atoms with Gasteiger partial charge < -0.3 is 18.9 Å². The zero-order valence-corrected chi connectivity index (χ0v) is 52.7. The van der Waals surface area contributed by atoms with Gasteiger partial charge in [0.05, 0.1) is 27.6 Å². The van der Waals surface area contributed by atoms with Crippen molar-refractivity contribution in [2.75, 3.05) is 4.90 Å². The van der Waals surface area contributed by atoms with Gasteiger partial charge in [0.1, 0.15) is 17.2 Å². The summed E-state index contributed by atoms with van der Waals surface area (Å²) in [6.45, 7) is 28.0. The van der Waals surface area contributed by atoms with Gasteiger partial charge in [0.15, 0.2) is 5.75 Å². The molecule has 2 aliphatic heterocycles. The average molecular weight is 1140 g/mol. The lowest BCUT2D eigenvalue weighted by molar-refractivity contribution is 0.435. The molecule has 88 heavy (non-hydrogen) atoms. The van der Waals surface area contributed by atoms with Gasteiger partial charge in [-0.3, -0.25) is 0 Å². The van der Waals surface area contributed by atoms with Gasteiger partial charge in [-0.1, -0.05) is 247 Å². The van der Waals surface area contributed by atoms with Crippen LogP contribution in [0, 0.1) is 0 Å². The number of aromatic nitrogens is 1. The fourth-order valence-corrected chi connectivity index (χ4v) is 15.5. The third kappa shape index (κ3) is 7.63. The van der Waals surface area contributed by atoms with Crippen molar-refractivity contribution in [1.29, 1.82) is 0 Å². The molecule has 2 aliphatic carbocycles. The summed E-state index contributed by atoms with van der Waals surface area (Å²) >= 11 is 0. The second-order valence-corrected chi connectivity index (χ2v) is 29.3.